The Morgan fingerprint density at radius 3 is 2.57 bits per heavy atom. The minimum atomic E-state index is -0.600. The van der Waals surface area contributed by atoms with Crippen molar-refractivity contribution in [2.45, 2.75) is 33.3 Å². The van der Waals surface area contributed by atoms with E-state index in [1.54, 1.807) is 6.92 Å². The molecule has 23 heavy (non-hydrogen) atoms. The molecule has 1 atom stereocenters. The van der Waals surface area contributed by atoms with E-state index in [2.05, 4.69) is 6.92 Å². The third-order valence-electron chi connectivity index (χ3n) is 3.87. The monoisotopic (exact) mass is 310 g/mol. The van der Waals surface area contributed by atoms with Crippen molar-refractivity contribution in [3.8, 4) is 17.0 Å². The van der Waals surface area contributed by atoms with E-state index < -0.39 is 6.10 Å². The molecule has 0 aliphatic heterocycles. The third-order valence-corrected chi connectivity index (χ3v) is 3.87. The van der Waals surface area contributed by atoms with Crippen LogP contribution in [0.15, 0.2) is 42.5 Å². The van der Waals surface area contributed by atoms with E-state index >= 15 is 0 Å². The minimum absolute atomic E-state index is 0.600. The number of aliphatic hydroxyl groups excluding tert-OH is 1. The zero-order valence-electron chi connectivity index (χ0n) is 13.8. The summed E-state index contributed by atoms with van der Waals surface area (Å²) in [6.45, 7) is 6.60. The molecule has 3 aromatic rings. The van der Waals surface area contributed by atoms with Crippen molar-refractivity contribution >= 4 is 5.65 Å². The molecule has 0 bridgehead atoms. The van der Waals surface area contributed by atoms with Crippen LogP contribution in [0, 0.1) is 6.92 Å². The molecular weight excluding hydrogens is 288 g/mol. The van der Waals surface area contributed by atoms with Crippen LogP contribution < -0.4 is 4.74 Å². The van der Waals surface area contributed by atoms with Gasteiger partial charge in [-0.3, -0.25) is 4.40 Å². The first-order chi connectivity index (χ1) is 11.1. The number of hydrogen-bond donors (Lipinski definition) is 1. The highest BCUT2D eigenvalue weighted by molar-refractivity contribution is 5.68. The smallest absolute Gasteiger partial charge is 0.137 e. The van der Waals surface area contributed by atoms with Gasteiger partial charge in [-0.15, -0.1) is 0 Å². The molecule has 0 radical (unpaired) electrons. The highest BCUT2D eigenvalue weighted by Crippen LogP contribution is 2.30. The van der Waals surface area contributed by atoms with Gasteiger partial charge in [-0.05, 0) is 56.7 Å². The number of imidazole rings is 1. The van der Waals surface area contributed by atoms with Gasteiger partial charge in [0.05, 0.1) is 24.1 Å². The number of pyridine rings is 1. The molecular formula is C19H22N2O2. The average Bonchev–Trinajstić information content (AvgIpc) is 2.94. The van der Waals surface area contributed by atoms with Gasteiger partial charge in [-0.2, -0.15) is 0 Å². The molecule has 4 heteroatoms. The van der Waals surface area contributed by atoms with E-state index in [-0.39, 0.29) is 0 Å². The lowest BCUT2D eigenvalue weighted by Crippen LogP contribution is -2.02. The molecule has 2 aromatic heterocycles. The Balaban J connectivity index is 2.09. The molecule has 4 nitrogen and oxygen atoms in total. The second-order valence-corrected chi connectivity index (χ2v) is 5.76. The number of aromatic nitrogens is 2. The summed E-state index contributed by atoms with van der Waals surface area (Å²) in [6, 6.07) is 13.9. The van der Waals surface area contributed by atoms with E-state index in [1.807, 2.05) is 53.8 Å². The summed E-state index contributed by atoms with van der Waals surface area (Å²) >= 11 is 0. The molecule has 0 saturated carbocycles. The van der Waals surface area contributed by atoms with E-state index in [1.165, 1.54) is 0 Å². The lowest BCUT2D eigenvalue weighted by molar-refractivity contribution is 0.194. The number of rotatable bonds is 5. The summed E-state index contributed by atoms with van der Waals surface area (Å²) in [4.78, 5) is 4.72. The number of benzene rings is 1. The van der Waals surface area contributed by atoms with Gasteiger partial charge in [0.25, 0.3) is 0 Å². The fourth-order valence-electron chi connectivity index (χ4n) is 2.81. The summed E-state index contributed by atoms with van der Waals surface area (Å²) in [5.74, 6) is 0.856. The van der Waals surface area contributed by atoms with Crippen molar-refractivity contribution in [1.29, 1.82) is 0 Å². The molecule has 120 valence electrons. The zero-order valence-corrected chi connectivity index (χ0v) is 13.8. The standard InChI is InChI=1S/C19H22N2O2/c1-4-12-23-16-10-8-15(9-11-16)18-19(14(3)22)21-13(2)6-5-7-17(21)20-18/h5-11,14,22H,4,12H2,1-3H3. The van der Waals surface area contributed by atoms with Gasteiger partial charge in [0.2, 0.25) is 0 Å². The van der Waals surface area contributed by atoms with E-state index in [9.17, 15) is 5.11 Å². The number of nitrogens with zero attached hydrogens (tertiary/aromatic N) is 2. The first kappa shape index (κ1) is 15.6. The van der Waals surface area contributed by atoms with Crippen molar-refractivity contribution < 1.29 is 9.84 Å². The van der Waals surface area contributed by atoms with Crippen LogP contribution in [0.1, 0.15) is 37.8 Å². The van der Waals surface area contributed by atoms with Gasteiger partial charge in [0.1, 0.15) is 11.4 Å². The van der Waals surface area contributed by atoms with E-state index in [0.717, 1.165) is 40.5 Å². The molecule has 0 aliphatic carbocycles. The largest absolute Gasteiger partial charge is 0.494 e. The molecule has 0 fully saturated rings. The van der Waals surface area contributed by atoms with Crippen molar-refractivity contribution in [3.63, 3.8) is 0 Å². The Hall–Kier alpha value is -2.33. The molecule has 0 aliphatic rings. The molecule has 0 saturated heterocycles. The first-order valence-corrected chi connectivity index (χ1v) is 8.01. The van der Waals surface area contributed by atoms with Gasteiger partial charge < -0.3 is 9.84 Å². The van der Waals surface area contributed by atoms with Crippen LogP contribution in [0.4, 0.5) is 0 Å². The van der Waals surface area contributed by atoms with Crippen LogP contribution in [-0.2, 0) is 0 Å². The summed E-state index contributed by atoms with van der Waals surface area (Å²) in [6.07, 6.45) is 0.386. The molecule has 1 aromatic carbocycles. The van der Waals surface area contributed by atoms with Crippen molar-refractivity contribution in [2.75, 3.05) is 6.61 Å². The summed E-state index contributed by atoms with van der Waals surface area (Å²) in [5.41, 5.74) is 4.52. The third kappa shape index (κ3) is 2.94. The number of fused-ring (bicyclic) bond motifs is 1. The van der Waals surface area contributed by atoms with Crippen LogP contribution in [0.3, 0.4) is 0 Å². The molecule has 3 rings (SSSR count). The Bertz CT molecular complexity index is 804. The summed E-state index contributed by atoms with van der Waals surface area (Å²) in [7, 11) is 0. The molecule has 0 amide bonds. The Labute approximate surface area is 136 Å². The second-order valence-electron chi connectivity index (χ2n) is 5.76. The van der Waals surface area contributed by atoms with Gasteiger partial charge in [-0.25, -0.2) is 4.98 Å². The zero-order chi connectivity index (χ0) is 16.4. The van der Waals surface area contributed by atoms with Crippen LogP contribution in [0.25, 0.3) is 16.9 Å². The van der Waals surface area contributed by atoms with Crippen LogP contribution >= 0.6 is 0 Å². The van der Waals surface area contributed by atoms with Gasteiger partial charge >= 0.3 is 0 Å². The molecule has 0 spiro atoms. The number of aryl methyl sites for hydroxylation is 1. The summed E-state index contributed by atoms with van der Waals surface area (Å²) in [5, 5.41) is 10.3. The number of ether oxygens (including phenoxy) is 1. The topological polar surface area (TPSA) is 46.8 Å². The second kappa shape index (κ2) is 6.42. The van der Waals surface area contributed by atoms with Gasteiger partial charge in [-0.1, -0.05) is 13.0 Å². The average molecular weight is 310 g/mol. The molecule has 2 heterocycles. The normalized spacial score (nSPS) is 12.5. The molecule has 1 unspecified atom stereocenters. The van der Waals surface area contributed by atoms with Gasteiger partial charge in [0, 0.05) is 11.3 Å². The highest BCUT2D eigenvalue weighted by Gasteiger charge is 2.18. The number of aliphatic hydroxyl groups is 1. The van der Waals surface area contributed by atoms with Crippen LogP contribution in [-0.4, -0.2) is 21.1 Å². The lowest BCUT2D eigenvalue weighted by atomic mass is 10.1. The lowest BCUT2D eigenvalue weighted by Gasteiger charge is -2.10. The van der Waals surface area contributed by atoms with Gasteiger partial charge in [0.15, 0.2) is 0 Å². The fraction of sp³-hybridized carbons (Fsp3) is 0.316. The maximum atomic E-state index is 10.3. The van der Waals surface area contributed by atoms with Crippen molar-refractivity contribution in [2.24, 2.45) is 0 Å². The van der Waals surface area contributed by atoms with Crippen LogP contribution in [0.2, 0.25) is 0 Å². The molecule has 1 N–H and O–H groups in total. The number of hydrogen-bond acceptors (Lipinski definition) is 3. The Morgan fingerprint density at radius 1 is 1.17 bits per heavy atom. The van der Waals surface area contributed by atoms with Crippen molar-refractivity contribution in [3.05, 3.63) is 53.9 Å². The first-order valence-electron chi connectivity index (χ1n) is 8.01. The SMILES string of the molecule is CCCOc1ccc(-c2nc3cccc(C)n3c2C(C)O)cc1. The Morgan fingerprint density at radius 2 is 1.91 bits per heavy atom. The summed E-state index contributed by atoms with van der Waals surface area (Å²) < 4.78 is 7.64. The van der Waals surface area contributed by atoms with E-state index in [4.69, 9.17) is 9.72 Å². The predicted octanol–water partition coefficient (Wildman–Crippen LogP) is 4.15. The quantitative estimate of drug-likeness (QED) is 0.770. The van der Waals surface area contributed by atoms with E-state index in [0.29, 0.717) is 6.61 Å². The minimum Gasteiger partial charge on any atom is -0.494 e. The fourth-order valence-corrected chi connectivity index (χ4v) is 2.81. The highest BCUT2D eigenvalue weighted by atomic mass is 16.5. The maximum Gasteiger partial charge on any atom is 0.137 e. The van der Waals surface area contributed by atoms with Crippen LogP contribution in [0.5, 0.6) is 5.75 Å². The maximum absolute atomic E-state index is 10.3. The predicted molar refractivity (Wildman–Crippen MR) is 91.8 cm³/mol. The Kier molecular flexibility index (Phi) is 4.35. The van der Waals surface area contributed by atoms with Crippen molar-refractivity contribution in [1.82, 2.24) is 9.38 Å².